The van der Waals surface area contributed by atoms with Crippen LogP contribution in [0.2, 0.25) is 0 Å². The molecule has 144 valence electrons. The molecule has 3 heterocycles. The molecule has 0 aliphatic heterocycles. The molecule has 7 nitrogen and oxygen atoms in total. The Morgan fingerprint density at radius 3 is 2.81 bits per heavy atom. The van der Waals surface area contributed by atoms with Gasteiger partial charge < -0.3 is 10.5 Å². The van der Waals surface area contributed by atoms with Crippen LogP contribution in [0.3, 0.4) is 0 Å². The van der Waals surface area contributed by atoms with Crippen molar-refractivity contribution in [3.8, 4) is 16.3 Å². The second kappa shape index (κ2) is 9.45. The fourth-order valence-electron chi connectivity index (χ4n) is 2.36. The maximum absolute atomic E-state index is 12.6. The molecule has 0 bridgehead atoms. The standard InChI is InChI=1S/C17H18FN5O2S.ClH/c1-25-16-5-2-13(8-20-16)15-4-3-14(26-15)10-22-11-21-23(17(22)24)9-12(6-18)7-19;/h2-6,8,11H,7,9-10,19H2,1H3;1H/b12-6-;. The Morgan fingerprint density at radius 1 is 1.37 bits per heavy atom. The summed E-state index contributed by atoms with van der Waals surface area (Å²) >= 11 is 1.57. The molecule has 0 aromatic carbocycles. The number of hydrogen-bond acceptors (Lipinski definition) is 6. The second-order valence-electron chi connectivity index (χ2n) is 5.53. The largest absolute Gasteiger partial charge is 0.481 e. The smallest absolute Gasteiger partial charge is 0.346 e. The van der Waals surface area contributed by atoms with Crippen molar-refractivity contribution < 1.29 is 9.13 Å². The lowest BCUT2D eigenvalue weighted by Crippen LogP contribution is -2.26. The van der Waals surface area contributed by atoms with Crippen LogP contribution in [0.5, 0.6) is 5.88 Å². The molecule has 3 rings (SSSR count). The number of methoxy groups -OCH3 is 1. The molecule has 0 spiro atoms. The number of nitrogens with zero attached hydrogens (tertiary/aromatic N) is 4. The van der Waals surface area contributed by atoms with Gasteiger partial charge in [-0.25, -0.2) is 18.9 Å². The molecule has 0 fully saturated rings. The summed E-state index contributed by atoms with van der Waals surface area (Å²) in [6.07, 6.45) is 3.61. The number of aromatic nitrogens is 4. The van der Waals surface area contributed by atoms with Crippen molar-refractivity contribution in [3.63, 3.8) is 0 Å². The highest BCUT2D eigenvalue weighted by atomic mass is 35.5. The van der Waals surface area contributed by atoms with Gasteiger partial charge in [0.05, 0.1) is 26.5 Å². The third kappa shape index (κ3) is 4.82. The van der Waals surface area contributed by atoms with E-state index < -0.39 is 0 Å². The lowest BCUT2D eigenvalue weighted by Gasteiger charge is -2.01. The maximum atomic E-state index is 12.6. The van der Waals surface area contributed by atoms with Crippen molar-refractivity contribution in [1.29, 1.82) is 0 Å². The van der Waals surface area contributed by atoms with Crippen molar-refractivity contribution in [1.82, 2.24) is 19.3 Å². The lowest BCUT2D eigenvalue weighted by molar-refractivity contribution is 0.398. The van der Waals surface area contributed by atoms with E-state index in [1.807, 2.05) is 18.2 Å². The van der Waals surface area contributed by atoms with E-state index in [4.69, 9.17) is 10.5 Å². The van der Waals surface area contributed by atoms with Crippen LogP contribution in [0, 0.1) is 0 Å². The van der Waals surface area contributed by atoms with Crippen LogP contribution in [-0.2, 0) is 13.1 Å². The van der Waals surface area contributed by atoms with Gasteiger partial charge in [-0.15, -0.1) is 23.7 Å². The quantitative estimate of drug-likeness (QED) is 0.645. The molecular formula is C17H19ClFN5O2S. The zero-order valence-electron chi connectivity index (χ0n) is 14.5. The van der Waals surface area contributed by atoms with Crippen LogP contribution < -0.4 is 16.2 Å². The molecule has 3 aromatic rings. The second-order valence-corrected chi connectivity index (χ2v) is 6.69. The van der Waals surface area contributed by atoms with Gasteiger partial charge >= 0.3 is 5.69 Å². The number of rotatable bonds is 7. The third-order valence-electron chi connectivity index (χ3n) is 3.78. The van der Waals surface area contributed by atoms with Gasteiger partial charge in [0.2, 0.25) is 5.88 Å². The summed E-state index contributed by atoms with van der Waals surface area (Å²) in [7, 11) is 1.57. The van der Waals surface area contributed by atoms with Gasteiger partial charge in [0.1, 0.15) is 6.33 Å². The Hall–Kier alpha value is -2.49. The third-order valence-corrected chi connectivity index (χ3v) is 4.90. The van der Waals surface area contributed by atoms with E-state index in [2.05, 4.69) is 10.1 Å². The molecule has 27 heavy (non-hydrogen) atoms. The highest BCUT2D eigenvalue weighted by Gasteiger charge is 2.10. The van der Waals surface area contributed by atoms with Crippen LogP contribution in [0.25, 0.3) is 10.4 Å². The maximum Gasteiger partial charge on any atom is 0.346 e. The molecule has 0 saturated carbocycles. The molecule has 0 saturated heterocycles. The number of ether oxygens (including phenoxy) is 1. The van der Waals surface area contributed by atoms with E-state index in [1.54, 1.807) is 30.7 Å². The average Bonchev–Trinajstić information content (AvgIpc) is 3.28. The summed E-state index contributed by atoms with van der Waals surface area (Å²) < 4.78 is 20.4. The van der Waals surface area contributed by atoms with Crippen molar-refractivity contribution in [2.24, 2.45) is 5.73 Å². The summed E-state index contributed by atoms with van der Waals surface area (Å²) in [4.78, 5) is 18.6. The Bertz CT molecular complexity index is 964. The predicted molar refractivity (Wildman–Crippen MR) is 105 cm³/mol. The predicted octanol–water partition coefficient (Wildman–Crippen LogP) is 2.46. The van der Waals surface area contributed by atoms with E-state index in [-0.39, 0.29) is 31.2 Å². The molecule has 3 aromatic heterocycles. The van der Waals surface area contributed by atoms with Crippen molar-refractivity contribution in [2.75, 3.05) is 13.7 Å². The minimum absolute atomic E-state index is 0. The Morgan fingerprint density at radius 2 is 2.19 bits per heavy atom. The molecule has 0 unspecified atom stereocenters. The topological polar surface area (TPSA) is 88.0 Å². The van der Waals surface area contributed by atoms with Gasteiger partial charge in [-0.3, -0.25) is 4.57 Å². The molecule has 0 atom stereocenters. The highest BCUT2D eigenvalue weighted by Crippen LogP contribution is 2.28. The Kier molecular flexibility index (Phi) is 7.28. The van der Waals surface area contributed by atoms with Gasteiger partial charge in [0.25, 0.3) is 0 Å². The van der Waals surface area contributed by atoms with Gasteiger partial charge in [-0.05, 0) is 23.8 Å². The molecule has 0 amide bonds. The summed E-state index contributed by atoms with van der Waals surface area (Å²) in [6.45, 7) is 0.483. The van der Waals surface area contributed by atoms with E-state index in [0.29, 0.717) is 24.3 Å². The Labute approximate surface area is 165 Å². The SMILES string of the molecule is COc1ccc(-c2ccc(Cn3cnn(C/C(=C\F)CN)c3=O)s2)cn1.Cl. The summed E-state index contributed by atoms with van der Waals surface area (Å²) in [5, 5.41) is 4.02. The molecule has 10 heteroatoms. The van der Waals surface area contributed by atoms with E-state index in [1.165, 1.54) is 15.6 Å². The van der Waals surface area contributed by atoms with Crippen LogP contribution in [0.4, 0.5) is 4.39 Å². The number of thiophene rings is 1. The highest BCUT2D eigenvalue weighted by molar-refractivity contribution is 7.15. The van der Waals surface area contributed by atoms with Crippen LogP contribution >= 0.6 is 23.7 Å². The number of halogens is 2. The lowest BCUT2D eigenvalue weighted by atomic mass is 10.2. The van der Waals surface area contributed by atoms with Crippen molar-refractivity contribution >= 4 is 23.7 Å². The molecule has 0 aliphatic carbocycles. The summed E-state index contributed by atoms with van der Waals surface area (Å²) in [6, 6.07) is 7.68. The fraction of sp³-hybridized carbons (Fsp3) is 0.235. The zero-order chi connectivity index (χ0) is 18.5. The molecule has 0 radical (unpaired) electrons. The first-order valence-corrected chi connectivity index (χ1v) is 8.65. The van der Waals surface area contributed by atoms with Gasteiger partial charge in [-0.2, -0.15) is 5.10 Å². The first kappa shape index (κ1) is 20.8. The zero-order valence-corrected chi connectivity index (χ0v) is 16.2. The first-order chi connectivity index (χ1) is 12.6. The number of hydrogen-bond donors (Lipinski definition) is 1. The molecular weight excluding hydrogens is 393 g/mol. The fourth-order valence-corrected chi connectivity index (χ4v) is 3.35. The number of pyridine rings is 1. The number of nitrogens with two attached hydrogens (primary N) is 1. The average molecular weight is 412 g/mol. The van der Waals surface area contributed by atoms with E-state index in [0.717, 1.165) is 15.3 Å². The van der Waals surface area contributed by atoms with Gasteiger partial charge in [0, 0.05) is 34.1 Å². The monoisotopic (exact) mass is 411 g/mol. The van der Waals surface area contributed by atoms with E-state index in [9.17, 15) is 9.18 Å². The van der Waals surface area contributed by atoms with Gasteiger partial charge in [-0.1, -0.05) is 0 Å². The van der Waals surface area contributed by atoms with Crippen LogP contribution in [0.1, 0.15) is 4.88 Å². The Balaban J connectivity index is 0.00000261. The van der Waals surface area contributed by atoms with Crippen LogP contribution in [-0.4, -0.2) is 33.0 Å². The summed E-state index contributed by atoms with van der Waals surface area (Å²) in [5.74, 6) is 0.559. The van der Waals surface area contributed by atoms with Crippen molar-refractivity contribution in [2.45, 2.75) is 13.1 Å². The molecule has 2 N–H and O–H groups in total. The molecule has 0 aliphatic rings. The summed E-state index contributed by atoms with van der Waals surface area (Å²) in [5.41, 5.74) is 6.40. The first-order valence-electron chi connectivity index (χ1n) is 7.84. The minimum atomic E-state index is -0.307. The van der Waals surface area contributed by atoms with Gasteiger partial charge in [0.15, 0.2) is 0 Å². The minimum Gasteiger partial charge on any atom is -0.481 e. The normalized spacial score (nSPS) is 11.3. The van der Waals surface area contributed by atoms with Crippen LogP contribution in [0.15, 0.2) is 53.5 Å². The van der Waals surface area contributed by atoms with E-state index >= 15 is 0 Å². The van der Waals surface area contributed by atoms with Crippen molar-refractivity contribution in [3.05, 3.63) is 64.1 Å².